The number of aliphatic hydroxyl groups is 2. The van der Waals surface area contributed by atoms with Crippen LogP contribution in [0, 0.1) is 18.2 Å². The van der Waals surface area contributed by atoms with Crippen LogP contribution in [-0.4, -0.2) is 79.7 Å². The van der Waals surface area contributed by atoms with Gasteiger partial charge >= 0.3 is 17.9 Å². The summed E-state index contributed by atoms with van der Waals surface area (Å²) < 4.78 is 24.7. The maximum Gasteiger partial charge on any atom is 0.336 e. The normalized spacial score (nSPS) is 21.4. The van der Waals surface area contributed by atoms with Gasteiger partial charge in [0.05, 0.1) is 25.6 Å². The molecule has 11 nitrogen and oxygen atoms in total. The number of aliphatic carboxylic acids is 3. The van der Waals surface area contributed by atoms with Gasteiger partial charge in [0.1, 0.15) is 12.4 Å². The van der Waals surface area contributed by atoms with Gasteiger partial charge in [-0.25, -0.2) is 9.18 Å². The van der Waals surface area contributed by atoms with E-state index in [-0.39, 0.29) is 24.5 Å². The highest BCUT2D eigenvalue weighted by molar-refractivity contribution is 5.88. The van der Waals surface area contributed by atoms with Crippen LogP contribution in [0.2, 0.25) is 0 Å². The number of rotatable bonds is 11. The van der Waals surface area contributed by atoms with Crippen molar-refractivity contribution in [1.82, 2.24) is 4.90 Å². The quantitative estimate of drug-likeness (QED) is 0.245. The summed E-state index contributed by atoms with van der Waals surface area (Å²) in [5, 5.41) is 45.1. The van der Waals surface area contributed by atoms with E-state index in [1.54, 1.807) is 13.2 Å². The minimum atomic E-state index is -2.74. The van der Waals surface area contributed by atoms with Crippen molar-refractivity contribution in [1.29, 1.82) is 0 Å². The van der Waals surface area contributed by atoms with Crippen molar-refractivity contribution in [2.24, 2.45) is 0 Å². The Morgan fingerprint density at radius 2 is 1.67 bits per heavy atom. The zero-order valence-electron chi connectivity index (χ0n) is 23.0. The molecular weight excluding hydrogens is 553 g/mol. The van der Waals surface area contributed by atoms with Crippen molar-refractivity contribution in [2.75, 3.05) is 13.7 Å². The fourth-order valence-electron chi connectivity index (χ4n) is 5.56. The monoisotopic (exact) mass is 587 g/mol. The summed E-state index contributed by atoms with van der Waals surface area (Å²) in [7, 11) is 1.62. The Bertz CT molecular complexity index is 1310. The highest BCUT2D eigenvalue weighted by Crippen LogP contribution is 2.46. The van der Waals surface area contributed by atoms with Gasteiger partial charge in [-0.05, 0) is 61.1 Å². The van der Waals surface area contributed by atoms with Gasteiger partial charge in [0, 0.05) is 18.6 Å². The molecule has 0 aromatic heterocycles. The largest absolute Gasteiger partial charge is 0.493 e. The van der Waals surface area contributed by atoms with Crippen molar-refractivity contribution >= 4 is 17.9 Å². The summed E-state index contributed by atoms with van der Waals surface area (Å²) in [4.78, 5) is 32.9. The molecule has 2 atom stereocenters. The summed E-state index contributed by atoms with van der Waals surface area (Å²) in [6.45, 7) is 0.977. The molecule has 2 aromatic carbocycles. The first kappa shape index (κ1) is 32.3. The number of ether oxygens (including phenoxy) is 2. The smallest absolute Gasteiger partial charge is 0.336 e. The van der Waals surface area contributed by atoms with Crippen LogP contribution in [0.3, 0.4) is 0 Å². The molecule has 4 rings (SSSR count). The maximum absolute atomic E-state index is 13.7. The van der Waals surface area contributed by atoms with Gasteiger partial charge in [0.25, 0.3) is 0 Å². The van der Waals surface area contributed by atoms with Gasteiger partial charge in [-0.15, -0.1) is 6.42 Å². The van der Waals surface area contributed by atoms with Gasteiger partial charge in [-0.1, -0.05) is 24.1 Å². The van der Waals surface area contributed by atoms with E-state index >= 15 is 0 Å². The van der Waals surface area contributed by atoms with E-state index in [0.29, 0.717) is 29.9 Å². The van der Waals surface area contributed by atoms with Crippen molar-refractivity contribution in [3.8, 4) is 23.8 Å². The van der Waals surface area contributed by atoms with Crippen LogP contribution in [0.1, 0.15) is 49.7 Å². The molecule has 0 radical (unpaired) electrons. The summed E-state index contributed by atoms with van der Waals surface area (Å²) in [6, 6.07) is 12.8. The fraction of sp³-hybridized carbons (Fsp3) is 0.433. The predicted octanol–water partition coefficient (Wildman–Crippen LogP) is 2.61. The summed E-state index contributed by atoms with van der Waals surface area (Å²) in [6.07, 6.45) is 6.30. The number of carbonyl (C=O) groups is 3. The van der Waals surface area contributed by atoms with Crippen LogP contribution in [-0.2, 0) is 26.5 Å². The first-order valence-electron chi connectivity index (χ1n) is 13.2. The van der Waals surface area contributed by atoms with E-state index in [0.717, 1.165) is 24.9 Å². The molecule has 0 amide bonds. The molecular formula is C30H34FNO10. The van der Waals surface area contributed by atoms with Gasteiger partial charge in [0.2, 0.25) is 0 Å². The lowest BCUT2D eigenvalue weighted by Crippen LogP contribution is -2.49. The molecule has 5 N–H and O–H groups in total. The van der Waals surface area contributed by atoms with Crippen molar-refractivity contribution < 1.29 is 53.8 Å². The highest BCUT2D eigenvalue weighted by Gasteiger charge is 2.48. The topological polar surface area (TPSA) is 174 Å². The Hall–Kier alpha value is -4.18. The third-order valence-corrected chi connectivity index (χ3v) is 7.47. The van der Waals surface area contributed by atoms with E-state index in [9.17, 15) is 23.9 Å². The number of methoxy groups -OCH3 is 1. The minimum Gasteiger partial charge on any atom is -0.493 e. The van der Waals surface area contributed by atoms with E-state index in [4.69, 9.17) is 36.3 Å². The second kappa shape index (κ2) is 13.7. The van der Waals surface area contributed by atoms with Gasteiger partial charge in [-0.3, -0.25) is 14.5 Å². The molecule has 2 aliphatic rings. The second-order valence-electron chi connectivity index (χ2n) is 10.5. The van der Waals surface area contributed by atoms with Crippen LogP contribution in [0.4, 0.5) is 4.39 Å². The van der Waals surface area contributed by atoms with Gasteiger partial charge in [-0.2, -0.15) is 0 Å². The number of benzene rings is 2. The van der Waals surface area contributed by atoms with Gasteiger partial charge in [0.15, 0.2) is 17.1 Å². The number of hydrogen-bond acceptors (Lipinski definition) is 8. The number of nitrogens with zero attached hydrogens (tertiary/aromatic N) is 1. The average Bonchev–Trinajstić information content (AvgIpc) is 3.15. The lowest BCUT2D eigenvalue weighted by Gasteiger charge is -2.44. The Balaban J connectivity index is 0.000000316. The van der Waals surface area contributed by atoms with Crippen LogP contribution >= 0.6 is 0 Å². The second-order valence-corrected chi connectivity index (χ2v) is 10.5. The SMILES string of the molecule is C#CCOc1ccc(CN2C3CCC2CC(O)(c2cccc(F)c2)C3)cc1OC.O=C(O)CC(O)(CC(=O)O)C(=O)O. The van der Waals surface area contributed by atoms with Crippen LogP contribution in [0.15, 0.2) is 42.5 Å². The molecule has 2 aromatic rings. The molecule has 2 unspecified atom stereocenters. The number of carboxylic acids is 3. The Kier molecular flexibility index (Phi) is 10.5. The minimum absolute atomic E-state index is 0.199. The first-order valence-corrected chi connectivity index (χ1v) is 13.2. The summed E-state index contributed by atoms with van der Waals surface area (Å²) in [5.74, 6) is -1.56. The fourth-order valence-corrected chi connectivity index (χ4v) is 5.56. The number of piperidine rings is 1. The zero-order chi connectivity index (χ0) is 31.1. The van der Waals surface area contributed by atoms with E-state index in [1.165, 1.54) is 12.1 Å². The molecule has 2 fully saturated rings. The number of halogens is 1. The third kappa shape index (κ3) is 7.97. The molecule has 0 spiro atoms. The highest BCUT2D eigenvalue weighted by atomic mass is 19.1. The third-order valence-electron chi connectivity index (χ3n) is 7.47. The molecule has 0 aliphatic carbocycles. The standard InChI is InChI=1S/C24H26FNO3.C6H8O7/c1-3-11-29-22-10-7-17(12-23(22)28-2)16-26-20-8-9-21(26)15-24(27,14-20)18-5-4-6-19(25)13-18;7-3(8)1-6(13,5(11)12)2-4(9)10/h1,4-7,10,12-13,20-21,27H,8-9,11,14-16H2,2H3;13H,1-2H2,(H,7,8)(H,9,10)(H,11,12). The van der Waals surface area contributed by atoms with Crippen molar-refractivity contribution in [3.63, 3.8) is 0 Å². The number of carboxylic acid groups (broad SMARTS) is 3. The van der Waals surface area contributed by atoms with Crippen LogP contribution in [0.5, 0.6) is 11.5 Å². The van der Waals surface area contributed by atoms with Crippen LogP contribution < -0.4 is 9.47 Å². The van der Waals surface area contributed by atoms with Crippen molar-refractivity contribution in [2.45, 2.75) is 68.4 Å². The maximum atomic E-state index is 13.7. The number of hydrogen-bond donors (Lipinski definition) is 5. The molecule has 2 saturated heterocycles. The van der Waals surface area contributed by atoms with E-state index in [2.05, 4.69) is 10.8 Å². The molecule has 12 heteroatoms. The van der Waals surface area contributed by atoms with Crippen LogP contribution in [0.25, 0.3) is 0 Å². The molecule has 226 valence electrons. The Morgan fingerprint density at radius 3 is 2.17 bits per heavy atom. The molecule has 42 heavy (non-hydrogen) atoms. The summed E-state index contributed by atoms with van der Waals surface area (Å²) >= 11 is 0. The Labute approximate surface area is 242 Å². The lowest BCUT2D eigenvalue weighted by molar-refractivity contribution is -0.170. The van der Waals surface area contributed by atoms with Gasteiger partial charge < -0.3 is 35.0 Å². The molecule has 2 bridgehead atoms. The lowest BCUT2D eigenvalue weighted by atomic mass is 9.80. The first-order chi connectivity index (χ1) is 19.8. The Morgan fingerprint density at radius 1 is 1.05 bits per heavy atom. The number of fused-ring (bicyclic) bond motifs is 2. The average molecular weight is 588 g/mol. The number of terminal acetylenes is 1. The van der Waals surface area contributed by atoms with E-state index < -0.39 is 42.0 Å². The summed E-state index contributed by atoms with van der Waals surface area (Å²) in [5.41, 5.74) is -1.89. The van der Waals surface area contributed by atoms with Crippen molar-refractivity contribution in [3.05, 3.63) is 59.4 Å². The zero-order valence-corrected chi connectivity index (χ0v) is 23.0. The van der Waals surface area contributed by atoms with E-state index in [1.807, 2.05) is 24.3 Å². The molecule has 0 saturated carbocycles. The predicted molar refractivity (Wildman–Crippen MR) is 146 cm³/mol. The molecule has 2 heterocycles. The molecule has 2 aliphatic heterocycles.